The fourth-order valence-electron chi connectivity index (χ4n) is 1.83. The van der Waals surface area contributed by atoms with Crippen LogP contribution in [-0.2, 0) is 0 Å². The maximum Gasteiger partial charge on any atom is 0.118 e. The average molecular weight is 353 g/mol. The van der Waals surface area contributed by atoms with Gasteiger partial charge < -0.3 is 10.4 Å². The van der Waals surface area contributed by atoms with Crippen LogP contribution in [0.15, 0.2) is 42.5 Å². The molecule has 0 amide bonds. The van der Waals surface area contributed by atoms with E-state index >= 15 is 0 Å². The lowest BCUT2D eigenvalue weighted by atomic mass is 10.1. The van der Waals surface area contributed by atoms with Crippen LogP contribution < -0.4 is 5.32 Å². The monoisotopic (exact) mass is 353 g/mol. The highest BCUT2D eigenvalue weighted by Gasteiger charge is 2.06. The van der Waals surface area contributed by atoms with Gasteiger partial charge in [-0.15, -0.1) is 0 Å². The standard InChI is InChI=1S/C15H16INO/c1-10-9-14(7-8-15(10)18)17-11(2)12-3-5-13(16)6-4-12/h3-9,11,17-18H,1-2H3. The molecule has 1 atom stereocenters. The lowest BCUT2D eigenvalue weighted by Gasteiger charge is -2.16. The number of anilines is 1. The van der Waals surface area contributed by atoms with Gasteiger partial charge in [-0.3, -0.25) is 0 Å². The third-order valence-electron chi connectivity index (χ3n) is 2.95. The van der Waals surface area contributed by atoms with Crippen LogP contribution in [0.4, 0.5) is 5.69 Å². The third-order valence-corrected chi connectivity index (χ3v) is 3.67. The summed E-state index contributed by atoms with van der Waals surface area (Å²) in [7, 11) is 0. The van der Waals surface area contributed by atoms with Gasteiger partial charge in [0.05, 0.1) is 0 Å². The summed E-state index contributed by atoms with van der Waals surface area (Å²) < 4.78 is 1.24. The van der Waals surface area contributed by atoms with Gasteiger partial charge in [-0.1, -0.05) is 12.1 Å². The van der Waals surface area contributed by atoms with Gasteiger partial charge in [-0.2, -0.15) is 0 Å². The van der Waals surface area contributed by atoms with E-state index in [2.05, 4.69) is 59.1 Å². The Morgan fingerprint density at radius 2 is 1.78 bits per heavy atom. The second kappa shape index (κ2) is 5.61. The van der Waals surface area contributed by atoms with E-state index in [1.807, 2.05) is 19.1 Å². The largest absolute Gasteiger partial charge is 0.508 e. The molecule has 0 radical (unpaired) electrons. The van der Waals surface area contributed by atoms with Crippen molar-refractivity contribution in [3.8, 4) is 5.75 Å². The minimum Gasteiger partial charge on any atom is -0.508 e. The van der Waals surface area contributed by atoms with Crippen molar-refractivity contribution in [2.75, 3.05) is 5.32 Å². The Morgan fingerprint density at radius 1 is 1.11 bits per heavy atom. The van der Waals surface area contributed by atoms with Gasteiger partial charge in [0.25, 0.3) is 0 Å². The van der Waals surface area contributed by atoms with Crippen molar-refractivity contribution in [2.24, 2.45) is 0 Å². The van der Waals surface area contributed by atoms with Gasteiger partial charge in [-0.05, 0) is 77.9 Å². The second-order valence-electron chi connectivity index (χ2n) is 4.42. The van der Waals surface area contributed by atoms with Gasteiger partial charge in [0.15, 0.2) is 0 Å². The van der Waals surface area contributed by atoms with E-state index in [1.165, 1.54) is 9.13 Å². The summed E-state index contributed by atoms with van der Waals surface area (Å²) in [4.78, 5) is 0. The second-order valence-corrected chi connectivity index (χ2v) is 5.66. The minimum absolute atomic E-state index is 0.242. The molecule has 18 heavy (non-hydrogen) atoms. The molecule has 0 aromatic heterocycles. The van der Waals surface area contributed by atoms with Crippen molar-refractivity contribution < 1.29 is 5.11 Å². The summed E-state index contributed by atoms with van der Waals surface area (Å²) >= 11 is 2.30. The summed E-state index contributed by atoms with van der Waals surface area (Å²) in [6.45, 7) is 4.03. The molecule has 1 unspecified atom stereocenters. The van der Waals surface area contributed by atoms with Crippen molar-refractivity contribution in [3.63, 3.8) is 0 Å². The summed E-state index contributed by atoms with van der Waals surface area (Å²) in [6.07, 6.45) is 0. The van der Waals surface area contributed by atoms with Gasteiger partial charge >= 0.3 is 0 Å². The van der Waals surface area contributed by atoms with Gasteiger partial charge in [0.2, 0.25) is 0 Å². The number of benzene rings is 2. The molecular weight excluding hydrogens is 337 g/mol. The maximum absolute atomic E-state index is 9.50. The molecule has 0 aliphatic carbocycles. The van der Waals surface area contributed by atoms with Crippen LogP contribution in [0.3, 0.4) is 0 Å². The summed E-state index contributed by atoms with van der Waals surface area (Å²) in [5.74, 6) is 0.336. The number of phenolic OH excluding ortho intramolecular Hbond substituents is 1. The SMILES string of the molecule is Cc1cc(NC(C)c2ccc(I)cc2)ccc1O. The van der Waals surface area contributed by atoms with Crippen LogP contribution in [-0.4, -0.2) is 5.11 Å². The summed E-state index contributed by atoms with van der Waals surface area (Å²) in [5, 5.41) is 12.9. The predicted molar refractivity (Wildman–Crippen MR) is 84.0 cm³/mol. The van der Waals surface area contributed by atoms with Crippen LogP contribution in [0.2, 0.25) is 0 Å². The molecule has 0 bridgehead atoms. The Hall–Kier alpha value is -1.23. The van der Waals surface area contributed by atoms with Crippen LogP contribution in [0, 0.1) is 10.5 Å². The molecule has 0 saturated heterocycles. The number of rotatable bonds is 3. The lowest BCUT2D eigenvalue weighted by Crippen LogP contribution is -2.06. The number of aromatic hydroxyl groups is 1. The zero-order valence-electron chi connectivity index (χ0n) is 10.4. The molecule has 2 aromatic rings. The van der Waals surface area contributed by atoms with E-state index in [0.29, 0.717) is 5.75 Å². The number of halogens is 1. The van der Waals surface area contributed by atoms with E-state index < -0.39 is 0 Å². The Bertz CT molecular complexity index is 537. The molecule has 2 nitrogen and oxygen atoms in total. The molecule has 2 aromatic carbocycles. The van der Waals surface area contributed by atoms with Crippen LogP contribution >= 0.6 is 22.6 Å². The zero-order valence-corrected chi connectivity index (χ0v) is 12.6. The van der Waals surface area contributed by atoms with Crippen LogP contribution in [0.5, 0.6) is 5.75 Å². The summed E-state index contributed by atoms with van der Waals surface area (Å²) in [5.41, 5.74) is 3.16. The molecule has 3 heteroatoms. The molecular formula is C15H16INO. The fraction of sp³-hybridized carbons (Fsp3) is 0.200. The minimum atomic E-state index is 0.242. The van der Waals surface area contributed by atoms with Gasteiger partial charge in [0, 0.05) is 15.3 Å². The first-order valence-corrected chi connectivity index (χ1v) is 6.96. The fourth-order valence-corrected chi connectivity index (χ4v) is 2.19. The highest BCUT2D eigenvalue weighted by molar-refractivity contribution is 14.1. The number of hydrogen-bond acceptors (Lipinski definition) is 2. The van der Waals surface area contributed by atoms with Crippen LogP contribution in [0.25, 0.3) is 0 Å². The van der Waals surface area contributed by atoms with Crippen molar-refractivity contribution in [1.29, 1.82) is 0 Å². The van der Waals surface area contributed by atoms with Crippen LogP contribution in [0.1, 0.15) is 24.1 Å². The van der Waals surface area contributed by atoms with Crippen molar-refractivity contribution >= 4 is 28.3 Å². The smallest absolute Gasteiger partial charge is 0.118 e. The number of aryl methyl sites for hydroxylation is 1. The number of phenols is 1. The first kappa shape index (κ1) is 13.2. The Kier molecular flexibility index (Phi) is 4.11. The Morgan fingerprint density at radius 3 is 2.39 bits per heavy atom. The third kappa shape index (κ3) is 3.16. The van der Waals surface area contributed by atoms with Crippen molar-refractivity contribution in [1.82, 2.24) is 0 Å². The Balaban J connectivity index is 2.13. The predicted octanol–water partition coefficient (Wildman–Crippen LogP) is 4.48. The van der Waals surface area contributed by atoms with Crippen molar-refractivity contribution in [3.05, 3.63) is 57.2 Å². The number of nitrogens with one attached hydrogen (secondary N) is 1. The molecule has 2 rings (SSSR count). The molecule has 94 valence electrons. The first-order chi connectivity index (χ1) is 8.56. The first-order valence-electron chi connectivity index (χ1n) is 5.88. The highest BCUT2D eigenvalue weighted by atomic mass is 127. The zero-order chi connectivity index (χ0) is 13.1. The molecule has 0 fully saturated rings. The van der Waals surface area contributed by atoms with Gasteiger partial charge in [0.1, 0.15) is 5.75 Å². The van der Waals surface area contributed by atoms with E-state index in [-0.39, 0.29) is 6.04 Å². The topological polar surface area (TPSA) is 32.3 Å². The molecule has 0 saturated carbocycles. The molecule has 0 spiro atoms. The highest BCUT2D eigenvalue weighted by Crippen LogP contribution is 2.24. The maximum atomic E-state index is 9.50. The quantitative estimate of drug-likeness (QED) is 0.630. The van der Waals surface area contributed by atoms with E-state index in [9.17, 15) is 5.11 Å². The van der Waals surface area contributed by atoms with Gasteiger partial charge in [-0.25, -0.2) is 0 Å². The number of hydrogen-bond donors (Lipinski definition) is 2. The van der Waals surface area contributed by atoms with Crippen molar-refractivity contribution in [2.45, 2.75) is 19.9 Å². The lowest BCUT2D eigenvalue weighted by molar-refractivity contribution is 0.471. The average Bonchev–Trinajstić information content (AvgIpc) is 2.34. The molecule has 0 heterocycles. The molecule has 0 aliphatic rings. The molecule has 2 N–H and O–H groups in total. The Labute approximate surface area is 121 Å². The van der Waals surface area contributed by atoms with E-state index in [4.69, 9.17) is 0 Å². The van der Waals surface area contributed by atoms with E-state index in [0.717, 1.165) is 11.3 Å². The summed E-state index contributed by atoms with van der Waals surface area (Å²) in [6, 6.07) is 14.3. The molecule has 0 aliphatic heterocycles. The normalized spacial score (nSPS) is 12.2. The van der Waals surface area contributed by atoms with E-state index in [1.54, 1.807) is 6.07 Å².